The van der Waals surface area contributed by atoms with Gasteiger partial charge in [-0.3, -0.25) is 0 Å². The molecule has 0 radical (unpaired) electrons. The number of fused-ring (bicyclic) bond motifs is 7. The molecule has 0 fully saturated rings. The number of hydrogen-bond acceptors (Lipinski definition) is 4. The van der Waals surface area contributed by atoms with E-state index in [1.807, 2.05) is 24.3 Å². The second-order valence-electron chi connectivity index (χ2n) is 21.8. The summed E-state index contributed by atoms with van der Waals surface area (Å²) >= 11 is 0. The number of nitrogens with zero attached hydrogens (tertiary/aromatic N) is 6. The Morgan fingerprint density at radius 1 is 0.209 bits per heavy atom. The summed E-state index contributed by atoms with van der Waals surface area (Å²) in [6.07, 6.45) is 0. The maximum Gasteiger partial charge on any atom is 0.0973 e. The first kappa shape index (κ1) is 50.2. The molecule has 0 saturated carbocycles. The second kappa shape index (κ2) is 21.3. The van der Waals surface area contributed by atoms with Crippen LogP contribution in [0.5, 0.6) is 0 Å². The first-order valence-corrected chi connectivity index (χ1v) is 29.2. The predicted octanol–water partition coefficient (Wildman–Crippen LogP) is 21.4. The van der Waals surface area contributed by atoms with Crippen molar-refractivity contribution in [1.82, 2.24) is 19.1 Å². The fourth-order valence-electron chi connectivity index (χ4n) is 12.6. The fraction of sp³-hybridized carbons (Fsp3) is 0. The summed E-state index contributed by atoms with van der Waals surface area (Å²) in [7, 11) is 0. The van der Waals surface area contributed by atoms with E-state index in [0.29, 0.717) is 0 Å². The lowest BCUT2D eigenvalue weighted by molar-refractivity contribution is 1.18. The van der Waals surface area contributed by atoms with Crippen LogP contribution in [-0.4, -0.2) is 19.1 Å². The highest BCUT2D eigenvalue weighted by Gasteiger charge is 2.22. The SMILES string of the molecule is c1ccc(-c2ccc(N(c3ccc(-c4nc5ccccc5nc4-c4ccc(N(c5ccc(-c6ccccc6)cc5)c5ccc6c(c5)c5ccccc5n6-c5ccccc5)cc4)cc3)c3ccc4c(c3)c3ccccc3n4-c3ccccc3)cc2)cc1. The Labute approximate surface area is 498 Å². The first-order chi connectivity index (χ1) is 42.6. The summed E-state index contributed by atoms with van der Waals surface area (Å²) in [6, 6.07) is 117. The van der Waals surface area contributed by atoms with E-state index in [9.17, 15) is 0 Å². The minimum absolute atomic E-state index is 0.811. The van der Waals surface area contributed by atoms with Gasteiger partial charge >= 0.3 is 0 Å². The molecule has 3 heterocycles. The minimum Gasteiger partial charge on any atom is -0.310 e. The minimum atomic E-state index is 0.811. The molecule has 0 spiro atoms. The van der Waals surface area contributed by atoms with Crippen molar-refractivity contribution in [3.8, 4) is 56.1 Å². The Morgan fingerprint density at radius 2 is 0.488 bits per heavy atom. The van der Waals surface area contributed by atoms with Gasteiger partial charge in [0.25, 0.3) is 0 Å². The predicted molar refractivity (Wildman–Crippen MR) is 359 cm³/mol. The van der Waals surface area contributed by atoms with Crippen molar-refractivity contribution in [3.05, 3.63) is 328 Å². The smallest absolute Gasteiger partial charge is 0.0973 e. The van der Waals surface area contributed by atoms with Crippen LogP contribution in [0.15, 0.2) is 328 Å². The van der Waals surface area contributed by atoms with Gasteiger partial charge in [0, 0.05) is 78.2 Å². The molecule has 0 unspecified atom stereocenters. The van der Waals surface area contributed by atoms with Crippen LogP contribution < -0.4 is 9.80 Å². The number of para-hydroxylation sites is 6. The molecule has 6 nitrogen and oxygen atoms in total. The molecule has 0 aliphatic rings. The molecule has 16 rings (SSSR count). The molecule has 0 N–H and O–H groups in total. The van der Waals surface area contributed by atoms with Crippen LogP contribution in [0.3, 0.4) is 0 Å². The molecule has 86 heavy (non-hydrogen) atoms. The number of benzene rings is 13. The Bertz CT molecular complexity index is 4790. The van der Waals surface area contributed by atoms with Crippen molar-refractivity contribution < 1.29 is 0 Å². The van der Waals surface area contributed by atoms with Gasteiger partial charge in [-0.05, 0) is 156 Å². The summed E-state index contributed by atoms with van der Waals surface area (Å²) in [5, 5.41) is 4.77. The van der Waals surface area contributed by atoms with Crippen LogP contribution in [0, 0.1) is 0 Å². The van der Waals surface area contributed by atoms with E-state index < -0.39 is 0 Å². The Kier molecular flexibility index (Phi) is 12.4. The highest BCUT2D eigenvalue weighted by atomic mass is 15.1. The lowest BCUT2D eigenvalue weighted by Gasteiger charge is -2.26. The normalized spacial score (nSPS) is 11.5. The van der Waals surface area contributed by atoms with Gasteiger partial charge in [0.15, 0.2) is 0 Å². The van der Waals surface area contributed by atoms with Crippen molar-refractivity contribution in [1.29, 1.82) is 0 Å². The maximum absolute atomic E-state index is 5.41. The summed E-state index contributed by atoms with van der Waals surface area (Å²) in [6.45, 7) is 0. The molecule has 404 valence electrons. The van der Waals surface area contributed by atoms with E-state index in [2.05, 4.69) is 322 Å². The molecule has 16 aromatic rings. The summed E-state index contributed by atoms with van der Waals surface area (Å²) in [5.74, 6) is 0. The van der Waals surface area contributed by atoms with Crippen LogP contribution in [0.2, 0.25) is 0 Å². The van der Waals surface area contributed by atoms with E-state index >= 15 is 0 Å². The molecule has 13 aromatic carbocycles. The topological polar surface area (TPSA) is 42.1 Å². The van der Waals surface area contributed by atoms with Crippen LogP contribution in [-0.2, 0) is 0 Å². The van der Waals surface area contributed by atoms with E-state index in [4.69, 9.17) is 9.97 Å². The molecule has 3 aromatic heterocycles. The van der Waals surface area contributed by atoms with Crippen molar-refractivity contribution in [2.45, 2.75) is 0 Å². The largest absolute Gasteiger partial charge is 0.310 e. The van der Waals surface area contributed by atoms with Gasteiger partial charge in [0.2, 0.25) is 0 Å². The van der Waals surface area contributed by atoms with Crippen LogP contribution in [0.4, 0.5) is 34.1 Å². The number of rotatable bonds is 12. The number of hydrogen-bond donors (Lipinski definition) is 0. The Hall–Kier alpha value is -11.6. The van der Waals surface area contributed by atoms with Crippen LogP contribution >= 0.6 is 0 Å². The van der Waals surface area contributed by atoms with Gasteiger partial charge < -0.3 is 18.9 Å². The summed E-state index contributed by atoms with van der Waals surface area (Å²) in [4.78, 5) is 15.5. The van der Waals surface area contributed by atoms with Crippen molar-refractivity contribution >= 4 is 88.8 Å². The van der Waals surface area contributed by atoms with E-state index in [-0.39, 0.29) is 0 Å². The van der Waals surface area contributed by atoms with Crippen molar-refractivity contribution in [2.24, 2.45) is 0 Å². The van der Waals surface area contributed by atoms with Crippen LogP contribution in [0.1, 0.15) is 0 Å². The van der Waals surface area contributed by atoms with Gasteiger partial charge in [0.1, 0.15) is 0 Å². The molecule has 0 bridgehead atoms. The third-order valence-electron chi connectivity index (χ3n) is 16.7. The van der Waals surface area contributed by atoms with E-state index in [1.54, 1.807) is 0 Å². The number of aromatic nitrogens is 4. The monoisotopic (exact) mass is 1100 g/mol. The number of anilines is 6. The van der Waals surface area contributed by atoms with Crippen LogP contribution in [0.25, 0.3) is 111 Å². The third-order valence-corrected chi connectivity index (χ3v) is 16.7. The molecular formula is C80H54N6. The first-order valence-electron chi connectivity index (χ1n) is 29.2. The quantitative estimate of drug-likeness (QED) is 0.122. The lowest BCUT2D eigenvalue weighted by Crippen LogP contribution is -2.10. The maximum atomic E-state index is 5.41. The van der Waals surface area contributed by atoms with E-state index in [0.717, 1.165) is 101 Å². The average molecular weight is 1100 g/mol. The standard InChI is InChI=1S/C80H54N6/c1-5-19-55(20-6-1)57-33-41-63(42-34-57)83(67-49-51-77-71(53-67)69-27-13-17-31-75(69)85(77)61-23-9-3-10-24-61)65-45-37-59(38-46-65)79-80(82-74-30-16-15-29-73(74)81-79)60-39-47-66(48-40-60)84(64-43-35-58(36-44-64)56-21-7-2-8-22-56)68-50-52-78-72(54-68)70-28-14-18-32-76(70)86(78)62-25-11-4-12-26-62/h1-54H. The van der Waals surface area contributed by atoms with Gasteiger partial charge in [-0.15, -0.1) is 0 Å². The zero-order valence-corrected chi connectivity index (χ0v) is 46.9. The van der Waals surface area contributed by atoms with Crippen molar-refractivity contribution in [3.63, 3.8) is 0 Å². The summed E-state index contributed by atoms with van der Waals surface area (Å²) in [5.41, 5.74) is 23.1. The molecule has 0 saturated heterocycles. The third kappa shape index (κ3) is 8.92. The fourth-order valence-corrected chi connectivity index (χ4v) is 12.6. The molecule has 0 aliphatic carbocycles. The molecule has 6 heteroatoms. The molecule has 0 amide bonds. The molecule has 0 atom stereocenters. The lowest BCUT2D eigenvalue weighted by atomic mass is 10.0. The highest BCUT2D eigenvalue weighted by Crippen LogP contribution is 2.44. The van der Waals surface area contributed by atoms with E-state index in [1.165, 1.54) is 43.7 Å². The molecule has 0 aliphatic heterocycles. The van der Waals surface area contributed by atoms with Crippen molar-refractivity contribution in [2.75, 3.05) is 9.80 Å². The van der Waals surface area contributed by atoms with Gasteiger partial charge in [-0.1, -0.05) is 194 Å². The van der Waals surface area contributed by atoms with Gasteiger partial charge in [0.05, 0.1) is 44.5 Å². The highest BCUT2D eigenvalue weighted by molar-refractivity contribution is 6.12. The second-order valence-corrected chi connectivity index (χ2v) is 21.8. The van der Waals surface area contributed by atoms with Gasteiger partial charge in [-0.25, -0.2) is 9.97 Å². The average Bonchev–Trinajstić information content (AvgIpc) is 1.85. The Balaban J connectivity index is 0.800. The van der Waals surface area contributed by atoms with Gasteiger partial charge in [-0.2, -0.15) is 0 Å². The zero-order chi connectivity index (χ0) is 56.9. The summed E-state index contributed by atoms with van der Waals surface area (Å²) < 4.78 is 4.73. The zero-order valence-electron chi connectivity index (χ0n) is 46.9. The molecular weight excluding hydrogens is 1040 g/mol. The Morgan fingerprint density at radius 3 is 0.860 bits per heavy atom.